The maximum absolute atomic E-state index is 13.6. The van der Waals surface area contributed by atoms with E-state index in [0.717, 1.165) is 4.57 Å². The summed E-state index contributed by atoms with van der Waals surface area (Å²) in [5, 5.41) is 0.0315. The summed E-state index contributed by atoms with van der Waals surface area (Å²) in [7, 11) is 0. The Bertz CT molecular complexity index is 847. The third-order valence-electron chi connectivity index (χ3n) is 3.52. The standard InChI is InChI=1S/C17H12F3NO/c1-11(22)21-14-10-6-5-9-13(14)15(17(18,19)20)16(21)12-7-3-2-4-8-12/h2-10H,1H3. The van der Waals surface area contributed by atoms with Crippen LogP contribution in [0, 0.1) is 0 Å². The van der Waals surface area contributed by atoms with Crippen LogP contribution in [0.4, 0.5) is 13.2 Å². The number of fused-ring (bicyclic) bond motifs is 1. The zero-order valence-corrected chi connectivity index (χ0v) is 11.7. The van der Waals surface area contributed by atoms with Crippen molar-refractivity contribution in [2.75, 3.05) is 0 Å². The summed E-state index contributed by atoms with van der Waals surface area (Å²) in [5.74, 6) is -0.453. The second-order valence-electron chi connectivity index (χ2n) is 4.96. The highest BCUT2D eigenvalue weighted by Crippen LogP contribution is 2.43. The van der Waals surface area contributed by atoms with Gasteiger partial charge in [-0.05, 0) is 11.6 Å². The molecule has 0 N–H and O–H groups in total. The van der Waals surface area contributed by atoms with Crippen LogP contribution in [0.2, 0.25) is 0 Å². The van der Waals surface area contributed by atoms with Crippen molar-refractivity contribution in [3.63, 3.8) is 0 Å². The molecule has 1 aromatic heterocycles. The number of hydrogen-bond donors (Lipinski definition) is 0. The Balaban J connectivity index is 2.52. The highest BCUT2D eigenvalue weighted by atomic mass is 19.4. The molecule has 0 fully saturated rings. The van der Waals surface area contributed by atoms with Gasteiger partial charge >= 0.3 is 6.18 Å². The highest BCUT2D eigenvalue weighted by Gasteiger charge is 2.39. The molecule has 5 heteroatoms. The smallest absolute Gasteiger partial charge is 0.279 e. The van der Waals surface area contributed by atoms with Gasteiger partial charge in [-0.2, -0.15) is 13.2 Å². The monoisotopic (exact) mass is 303 g/mol. The molecule has 112 valence electrons. The van der Waals surface area contributed by atoms with Gasteiger partial charge in [0.15, 0.2) is 0 Å². The predicted octanol–water partition coefficient (Wildman–Crippen LogP) is 4.99. The number of aromatic nitrogens is 1. The van der Waals surface area contributed by atoms with Crippen LogP contribution < -0.4 is 0 Å². The first-order chi connectivity index (χ1) is 10.4. The van der Waals surface area contributed by atoms with E-state index < -0.39 is 17.6 Å². The zero-order chi connectivity index (χ0) is 15.9. The average Bonchev–Trinajstić information content (AvgIpc) is 2.83. The third kappa shape index (κ3) is 2.19. The minimum absolute atomic E-state index is 0.0315. The summed E-state index contributed by atoms with van der Waals surface area (Å²) in [5.41, 5.74) is -0.256. The van der Waals surface area contributed by atoms with Crippen molar-refractivity contribution >= 4 is 16.8 Å². The van der Waals surface area contributed by atoms with E-state index in [1.807, 2.05) is 0 Å². The van der Waals surface area contributed by atoms with E-state index >= 15 is 0 Å². The second-order valence-corrected chi connectivity index (χ2v) is 4.96. The Morgan fingerprint density at radius 1 is 0.955 bits per heavy atom. The third-order valence-corrected chi connectivity index (χ3v) is 3.52. The Morgan fingerprint density at radius 3 is 2.14 bits per heavy atom. The van der Waals surface area contributed by atoms with Crippen LogP contribution in [-0.4, -0.2) is 10.5 Å². The summed E-state index contributed by atoms with van der Waals surface area (Å²) >= 11 is 0. The summed E-state index contributed by atoms with van der Waals surface area (Å²) in [6.45, 7) is 1.26. The number of rotatable bonds is 1. The largest absolute Gasteiger partial charge is 0.419 e. The first-order valence-corrected chi connectivity index (χ1v) is 6.68. The number of benzene rings is 2. The van der Waals surface area contributed by atoms with Crippen LogP contribution in [0.5, 0.6) is 0 Å². The van der Waals surface area contributed by atoms with Crippen LogP contribution >= 0.6 is 0 Å². The van der Waals surface area contributed by atoms with Gasteiger partial charge in [0.1, 0.15) is 0 Å². The summed E-state index contributed by atoms with van der Waals surface area (Å²) in [6, 6.07) is 14.2. The molecule has 1 heterocycles. The van der Waals surface area contributed by atoms with Crippen molar-refractivity contribution in [3.05, 3.63) is 60.2 Å². The molecule has 0 atom stereocenters. The Hall–Kier alpha value is -2.56. The van der Waals surface area contributed by atoms with Crippen molar-refractivity contribution in [2.45, 2.75) is 13.1 Å². The lowest BCUT2D eigenvalue weighted by molar-refractivity contribution is -0.135. The first-order valence-electron chi connectivity index (χ1n) is 6.68. The van der Waals surface area contributed by atoms with Crippen molar-refractivity contribution < 1.29 is 18.0 Å². The maximum atomic E-state index is 13.6. The lowest BCUT2D eigenvalue weighted by Gasteiger charge is -2.11. The van der Waals surface area contributed by atoms with E-state index in [1.54, 1.807) is 36.4 Å². The Labute approximate surface area is 124 Å². The zero-order valence-electron chi connectivity index (χ0n) is 11.7. The minimum Gasteiger partial charge on any atom is -0.279 e. The normalized spacial score (nSPS) is 11.8. The van der Waals surface area contributed by atoms with Crippen LogP contribution in [0.15, 0.2) is 54.6 Å². The van der Waals surface area contributed by atoms with Crippen molar-refractivity contribution in [3.8, 4) is 11.3 Å². The molecular formula is C17H12F3NO. The van der Waals surface area contributed by atoms with Crippen LogP contribution in [0.3, 0.4) is 0 Å². The molecule has 0 bridgehead atoms. The molecule has 0 aliphatic heterocycles. The summed E-state index contributed by atoms with van der Waals surface area (Å²) in [4.78, 5) is 12.0. The lowest BCUT2D eigenvalue weighted by atomic mass is 10.0. The van der Waals surface area contributed by atoms with Gasteiger partial charge in [-0.25, -0.2) is 0 Å². The first kappa shape index (κ1) is 14.4. The number of alkyl halides is 3. The van der Waals surface area contributed by atoms with Gasteiger partial charge in [-0.15, -0.1) is 0 Å². The molecule has 0 amide bonds. The quantitative estimate of drug-likeness (QED) is 0.621. The van der Waals surface area contributed by atoms with E-state index in [2.05, 4.69) is 0 Å². The number of carbonyl (C=O) groups is 1. The van der Waals surface area contributed by atoms with Gasteiger partial charge in [0.25, 0.3) is 0 Å². The van der Waals surface area contributed by atoms with E-state index in [4.69, 9.17) is 0 Å². The van der Waals surface area contributed by atoms with E-state index in [0.29, 0.717) is 5.56 Å². The molecule has 0 radical (unpaired) electrons. The van der Waals surface area contributed by atoms with Crippen LogP contribution in [-0.2, 0) is 6.18 Å². The van der Waals surface area contributed by atoms with Crippen molar-refractivity contribution in [2.24, 2.45) is 0 Å². The lowest BCUT2D eigenvalue weighted by Crippen LogP contribution is -2.11. The number of nitrogens with zero attached hydrogens (tertiary/aromatic N) is 1. The van der Waals surface area contributed by atoms with Crippen molar-refractivity contribution in [1.29, 1.82) is 0 Å². The topological polar surface area (TPSA) is 22.0 Å². The Kier molecular flexibility index (Phi) is 3.28. The maximum Gasteiger partial charge on any atom is 0.419 e. The summed E-state index contributed by atoms with van der Waals surface area (Å²) < 4.78 is 42.0. The highest BCUT2D eigenvalue weighted by molar-refractivity contribution is 6.01. The van der Waals surface area contributed by atoms with Gasteiger partial charge in [0, 0.05) is 12.3 Å². The molecule has 0 aliphatic rings. The molecule has 22 heavy (non-hydrogen) atoms. The molecule has 3 aromatic rings. The molecule has 2 nitrogen and oxygen atoms in total. The van der Waals surface area contributed by atoms with Gasteiger partial charge in [0.2, 0.25) is 5.91 Å². The van der Waals surface area contributed by atoms with Crippen LogP contribution in [0.1, 0.15) is 17.3 Å². The second kappa shape index (κ2) is 5.02. The van der Waals surface area contributed by atoms with Gasteiger partial charge in [-0.3, -0.25) is 9.36 Å². The fourth-order valence-corrected chi connectivity index (χ4v) is 2.72. The van der Waals surface area contributed by atoms with E-state index in [-0.39, 0.29) is 16.6 Å². The SMILES string of the molecule is CC(=O)n1c(-c2ccccc2)c(C(F)(F)F)c2ccccc21. The molecule has 0 saturated heterocycles. The van der Waals surface area contributed by atoms with Gasteiger partial charge < -0.3 is 0 Å². The van der Waals surface area contributed by atoms with E-state index in [9.17, 15) is 18.0 Å². The minimum atomic E-state index is -4.55. The number of halogens is 3. The Morgan fingerprint density at radius 2 is 1.55 bits per heavy atom. The molecule has 3 rings (SSSR count). The summed E-state index contributed by atoms with van der Waals surface area (Å²) in [6.07, 6.45) is -4.55. The molecule has 0 unspecified atom stereocenters. The molecule has 0 aliphatic carbocycles. The fourth-order valence-electron chi connectivity index (χ4n) is 2.72. The van der Waals surface area contributed by atoms with Crippen LogP contribution in [0.25, 0.3) is 22.2 Å². The van der Waals surface area contributed by atoms with Crippen molar-refractivity contribution in [1.82, 2.24) is 4.57 Å². The van der Waals surface area contributed by atoms with E-state index in [1.165, 1.54) is 25.1 Å². The molecule has 0 saturated carbocycles. The fraction of sp³-hybridized carbons (Fsp3) is 0.118. The number of para-hydroxylation sites is 1. The molecule has 2 aromatic carbocycles. The number of hydrogen-bond acceptors (Lipinski definition) is 1. The van der Waals surface area contributed by atoms with Gasteiger partial charge in [-0.1, -0.05) is 48.5 Å². The molecular weight excluding hydrogens is 291 g/mol. The van der Waals surface area contributed by atoms with Gasteiger partial charge in [0.05, 0.1) is 16.8 Å². The molecule has 0 spiro atoms. The predicted molar refractivity (Wildman–Crippen MR) is 78.7 cm³/mol. The number of carbonyl (C=O) groups excluding carboxylic acids is 1. The average molecular weight is 303 g/mol.